The average Bonchev–Trinajstić information content (AvgIpc) is 2.65. The number of rotatable bonds is 4. The zero-order valence-corrected chi connectivity index (χ0v) is 11.1. The zero-order valence-electron chi connectivity index (χ0n) is 11.1. The lowest BCUT2D eigenvalue weighted by Gasteiger charge is -2.05. The molecular weight excluding hydrogens is 248 g/mol. The molecule has 19 heavy (non-hydrogen) atoms. The Morgan fingerprint density at radius 3 is 2.32 bits per heavy atom. The third kappa shape index (κ3) is 2.59. The Bertz CT molecular complexity index is 570. The van der Waals surface area contributed by atoms with Crippen LogP contribution in [0.25, 0.3) is 11.3 Å². The topological polar surface area (TPSA) is 43.8 Å². The molecule has 0 atom stereocenters. The summed E-state index contributed by atoms with van der Waals surface area (Å²) in [5.74, 6) is 0.0492. The number of benzene rings is 1. The Kier molecular flexibility index (Phi) is 3.83. The summed E-state index contributed by atoms with van der Waals surface area (Å²) in [6, 6.07) is 3.33. The van der Waals surface area contributed by atoms with Crippen LogP contribution in [0.1, 0.15) is 26.1 Å². The van der Waals surface area contributed by atoms with Crippen molar-refractivity contribution in [3.8, 4) is 11.3 Å². The van der Waals surface area contributed by atoms with Gasteiger partial charge in [0.05, 0.1) is 0 Å². The first-order valence-corrected chi connectivity index (χ1v) is 6.38. The van der Waals surface area contributed by atoms with E-state index in [-0.39, 0.29) is 0 Å². The maximum Gasteiger partial charge on any atom is 0.131 e. The Balaban J connectivity index is 2.55. The maximum atomic E-state index is 13.3. The normalized spacial score (nSPS) is 10.9. The van der Waals surface area contributed by atoms with Crippen LogP contribution in [0.3, 0.4) is 0 Å². The molecule has 0 spiro atoms. The van der Waals surface area contributed by atoms with Gasteiger partial charge in [-0.3, -0.25) is 0 Å². The van der Waals surface area contributed by atoms with Gasteiger partial charge in [-0.2, -0.15) is 0 Å². The van der Waals surface area contributed by atoms with Gasteiger partial charge in [0.15, 0.2) is 0 Å². The Hall–Kier alpha value is -1.91. The molecule has 0 saturated carbocycles. The van der Waals surface area contributed by atoms with Crippen LogP contribution in [0, 0.1) is 11.6 Å². The molecular formula is C14H17F2N3. The monoisotopic (exact) mass is 265 g/mol. The molecule has 3 nitrogen and oxygen atoms in total. The maximum absolute atomic E-state index is 13.3. The number of anilines is 1. The van der Waals surface area contributed by atoms with Gasteiger partial charge in [-0.15, -0.1) is 0 Å². The van der Waals surface area contributed by atoms with Crippen molar-refractivity contribution in [3.63, 3.8) is 0 Å². The Labute approximate surface area is 111 Å². The first-order valence-electron chi connectivity index (χ1n) is 6.38. The number of aryl methyl sites for hydroxylation is 1. The predicted molar refractivity (Wildman–Crippen MR) is 71.7 cm³/mol. The van der Waals surface area contributed by atoms with Crippen LogP contribution < -0.4 is 5.73 Å². The summed E-state index contributed by atoms with van der Waals surface area (Å²) in [6.07, 6.45) is 1.73. The van der Waals surface area contributed by atoms with Gasteiger partial charge in [-0.25, -0.2) is 13.8 Å². The number of nitrogen functional groups attached to an aromatic ring is 1. The van der Waals surface area contributed by atoms with E-state index in [0.29, 0.717) is 23.6 Å². The molecule has 0 saturated heterocycles. The van der Waals surface area contributed by atoms with Gasteiger partial charge < -0.3 is 10.3 Å². The fourth-order valence-electron chi connectivity index (χ4n) is 2.18. The number of halogens is 2. The van der Waals surface area contributed by atoms with Crippen molar-refractivity contribution in [2.45, 2.75) is 33.2 Å². The third-order valence-corrected chi connectivity index (χ3v) is 3.01. The minimum Gasteiger partial charge on any atom is -0.383 e. The Morgan fingerprint density at radius 2 is 1.79 bits per heavy atom. The largest absolute Gasteiger partial charge is 0.383 e. The number of hydrogen-bond acceptors (Lipinski definition) is 2. The summed E-state index contributed by atoms with van der Waals surface area (Å²) in [7, 11) is 0. The van der Waals surface area contributed by atoms with E-state index in [2.05, 4.69) is 4.98 Å². The molecule has 5 heteroatoms. The molecule has 0 amide bonds. The van der Waals surface area contributed by atoms with Gasteiger partial charge in [-0.1, -0.05) is 6.92 Å². The van der Waals surface area contributed by atoms with Crippen molar-refractivity contribution in [2.75, 3.05) is 5.73 Å². The standard InChI is InChI=1S/C14H17F2N3/c1-3-5-12-18-13(14(17)19(12)4-2)9-6-10(15)8-11(16)7-9/h6-8H,3-5,17H2,1-2H3. The van der Waals surface area contributed by atoms with E-state index in [1.165, 1.54) is 12.1 Å². The Morgan fingerprint density at radius 1 is 1.16 bits per heavy atom. The lowest BCUT2D eigenvalue weighted by Crippen LogP contribution is -2.05. The van der Waals surface area contributed by atoms with Crippen LogP contribution in [0.2, 0.25) is 0 Å². The van der Waals surface area contributed by atoms with Crippen LogP contribution in [-0.4, -0.2) is 9.55 Å². The molecule has 0 unspecified atom stereocenters. The molecule has 1 heterocycles. The highest BCUT2D eigenvalue weighted by Gasteiger charge is 2.15. The van der Waals surface area contributed by atoms with E-state index in [0.717, 1.165) is 24.7 Å². The molecule has 2 aromatic rings. The lowest BCUT2D eigenvalue weighted by molar-refractivity contribution is 0.584. The second kappa shape index (κ2) is 5.38. The van der Waals surface area contributed by atoms with Crippen molar-refractivity contribution >= 4 is 5.82 Å². The number of nitrogens with zero attached hydrogens (tertiary/aromatic N) is 2. The van der Waals surface area contributed by atoms with Crippen molar-refractivity contribution < 1.29 is 8.78 Å². The number of aromatic nitrogens is 2. The molecule has 0 aliphatic rings. The second-order valence-electron chi connectivity index (χ2n) is 4.41. The van der Waals surface area contributed by atoms with Crippen LogP contribution in [-0.2, 0) is 13.0 Å². The predicted octanol–water partition coefficient (Wildman–Crippen LogP) is 3.38. The quantitative estimate of drug-likeness (QED) is 0.921. The SMILES string of the molecule is CCCc1nc(-c2cc(F)cc(F)c2)c(N)n1CC. The van der Waals surface area contributed by atoms with Crippen molar-refractivity contribution in [3.05, 3.63) is 35.7 Å². The smallest absolute Gasteiger partial charge is 0.131 e. The fourth-order valence-corrected chi connectivity index (χ4v) is 2.18. The summed E-state index contributed by atoms with van der Waals surface area (Å²) in [5, 5.41) is 0. The average molecular weight is 265 g/mol. The summed E-state index contributed by atoms with van der Waals surface area (Å²) in [5.41, 5.74) is 6.86. The first kappa shape index (κ1) is 13.5. The summed E-state index contributed by atoms with van der Waals surface area (Å²) in [4.78, 5) is 4.43. The molecule has 0 radical (unpaired) electrons. The van der Waals surface area contributed by atoms with Crippen molar-refractivity contribution in [1.29, 1.82) is 0 Å². The highest BCUT2D eigenvalue weighted by molar-refractivity contribution is 5.71. The van der Waals surface area contributed by atoms with Gasteiger partial charge in [-0.05, 0) is 25.5 Å². The minimum atomic E-state index is -0.627. The summed E-state index contributed by atoms with van der Waals surface area (Å²) < 4.78 is 28.4. The molecule has 1 aromatic carbocycles. The molecule has 0 fully saturated rings. The molecule has 0 aliphatic heterocycles. The number of hydrogen-bond donors (Lipinski definition) is 1. The molecule has 2 rings (SSSR count). The van der Waals surface area contributed by atoms with Crippen LogP contribution in [0.5, 0.6) is 0 Å². The number of nitrogens with two attached hydrogens (primary N) is 1. The summed E-state index contributed by atoms with van der Waals surface area (Å²) in [6.45, 7) is 4.70. The van der Waals surface area contributed by atoms with E-state index >= 15 is 0 Å². The first-order chi connectivity index (χ1) is 9.06. The van der Waals surface area contributed by atoms with Gasteiger partial charge in [0.1, 0.15) is 29.0 Å². The van der Waals surface area contributed by atoms with Crippen LogP contribution in [0.15, 0.2) is 18.2 Å². The van der Waals surface area contributed by atoms with Gasteiger partial charge in [0.2, 0.25) is 0 Å². The zero-order chi connectivity index (χ0) is 14.0. The van der Waals surface area contributed by atoms with Crippen LogP contribution >= 0.6 is 0 Å². The van der Waals surface area contributed by atoms with Crippen molar-refractivity contribution in [2.24, 2.45) is 0 Å². The van der Waals surface area contributed by atoms with Gasteiger partial charge >= 0.3 is 0 Å². The molecule has 2 N–H and O–H groups in total. The lowest BCUT2D eigenvalue weighted by atomic mass is 10.1. The highest BCUT2D eigenvalue weighted by atomic mass is 19.1. The van der Waals surface area contributed by atoms with Crippen LogP contribution in [0.4, 0.5) is 14.6 Å². The highest BCUT2D eigenvalue weighted by Crippen LogP contribution is 2.28. The molecule has 0 bridgehead atoms. The van der Waals surface area contributed by atoms with Gasteiger partial charge in [0.25, 0.3) is 0 Å². The second-order valence-corrected chi connectivity index (χ2v) is 4.41. The molecule has 102 valence electrons. The third-order valence-electron chi connectivity index (χ3n) is 3.01. The van der Waals surface area contributed by atoms with E-state index in [1.54, 1.807) is 0 Å². The minimum absolute atomic E-state index is 0.375. The molecule has 1 aromatic heterocycles. The molecule has 0 aliphatic carbocycles. The van der Waals surface area contributed by atoms with Crippen molar-refractivity contribution in [1.82, 2.24) is 9.55 Å². The van der Waals surface area contributed by atoms with E-state index < -0.39 is 11.6 Å². The fraction of sp³-hybridized carbons (Fsp3) is 0.357. The number of imidazole rings is 1. The van der Waals surface area contributed by atoms with Gasteiger partial charge in [0, 0.05) is 24.6 Å². The van der Waals surface area contributed by atoms with E-state index in [4.69, 9.17) is 5.73 Å². The summed E-state index contributed by atoms with van der Waals surface area (Å²) >= 11 is 0. The van der Waals surface area contributed by atoms with E-state index in [1.807, 2.05) is 18.4 Å². The van der Waals surface area contributed by atoms with E-state index in [9.17, 15) is 8.78 Å².